The molecule has 0 heterocycles. The van der Waals surface area contributed by atoms with E-state index in [1.165, 1.54) is 18.2 Å². The maximum Gasteiger partial charge on any atom is 0.254 e. The van der Waals surface area contributed by atoms with Crippen LogP contribution in [0.5, 0.6) is 0 Å². The summed E-state index contributed by atoms with van der Waals surface area (Å²) in [5.74, 6) is -2.96. The summed E-state index contributed by atoms with van der Waals surface area (Å²) < 4.78 is 26.8. The van der Waals surface area contributed by atoms with E-state index < -0.39 is 23.4 Å². The molecule has 22 heavy (non-hydrogen) atoms. The van der Waals surface area contributed by atoms with E-state index in [1.807, 2.05) is 0 Å². The van der Waals surface area contributed by atoms with Gasteiger partial charge in [0.2, 0.25) is 5.91 Å². The number of amides is 2. The molecule has 3 N–H and O–H groups in total. The number of nitrogens with one attached hydrogen (secondary N) is 1. The summed E-state index contributed by atoms with van der Waals surface area (Å²) in [7, 11) is 0. The molecule has 0 aliphatic carbocycles. The monoisotopic (exact) mass is 324 g/mol. The van der Waals surface area contributed by atoms with Crippen LogP contribution < -0.4 is 11.1 Å². The Morgan fingerprint density at radius 3 is 2.50 bits per heavy atom. The van der Waals surface area contributed by atoms with Gasteiger partial charge in [0.1, 0.15) is 11.6 Å². The lowest BCUT2D eigenvalue weighted by Gasteiger charge is -2.08. The van der Waals surface area contributed by atoms with Crippen LogP contribution in [0.2, 0.25) is 5.02 Å². The normalized spacial score (nSPS) is 10.3. The van der Waals surface area contributed by atoms with Crippen LogP contribution in [0.1, 0.15) is 26.3 Å². The van der Waals surface area contributed by atoms with Crippen molar-refractivity contribution in [3.63, 3.8) is 0 Å². The fourth-order valence-corrected chi connectivity index (χ4v) is 2.08. The Hall–Kier alpha value is -2.47. The van der Waals surface area contributed by atoms with Gasteiger partial charge in [-0.3, -0.25) is 9.59 Å². The number of nitrogens with two attached hydrogens (primary N) is 1. The minimum absolute atomic E-state index is 0.00453. The first-order valence-corrected chi connectivity index (χ1v) is 6.58. The SMILES string of the molecule is NC(=O)c1cc(C(=O)NCc2cccc(F)c2)c(F)cc1Cl. The molecule has 2 aromatic rings. The smallest absolute Gasteiger partial charge is 0.254 e. The molecule has 0 aliphatic heterocycles. The minimum Gasteiger partial charge on any atom is -0.366 e. The van der Waals surface area contributed by atoms with Crippen LogP contribution in [0.15, 0.2) is 36.4 Å². The van der Waals surface area contributed by atoms with Crippen LogP contribution in [0.25, 0.3) is 0 Å². The fraction of sp³-hybridized carbons (Fsp3) is 0.0667. The van der Waals surface area contributed by atoms with Gasteiger partial charge >= 0.3 is 0 Å². The summed E-state index contributed by atoms with van der Waals surface area (Å²) in [4.78, 5) is 23.1. The van der Waals surface area contributed by atoms with Crippen molar-refractivity contribution in [1.82, 2.24) is 5.32 Å². The van der Waals surface area contributed by atoms with E-state index in [-0.39, 0.29) is 22.7 Å². The highest BCUT2D eigenvalue weighted by atomic mass is 35.5. The van der Waals surface area contributed by atoms with E-state index in [9.17, 15) is 18.4 Å². The highest BCUT2D eigenvalue weighted by Crippen LogP contribution is 2.20. The second kappa shape index (κ2) is 6.53. The maximum absolute atomic E-state index is 13.8. The Balaban J connectivity index is 2.19. The molecule has 0 atom stereocenters. The van der Waals surface area contributed by atoms with Crippen molar-refractivity contribution in [3.05, 3.63) is 69.7 Å². The summed E-state index contributed by atoms with van der Waals surface area (Å²) in [6.45, 7) is 0.00453. The van der Waals surface area contributed by atoms with Crippen molar-refractivity contribution in [2.75, 3.05) is 0 Å². The topological polar surface area (TPSA) is 72.2 Å². The van der Waals surface area contributed by atoms with E-state index in [2.05, 4.69) is 5.32 Å². The lowest BCUT2D eigenvalue weighted by Crippen LogP contribution is -2.25. The Kier molecular flexibility index (Phi) is 4.72. The average molecular weight is 325 g/mol. The van der Waals surface area contributed by atoms with Gasteiger partial charge in [0.15, 0.2) is 0 Å². The molecule has 0 aliphatic rings. The molecule has 0 fully saturated rings. The van der Waals surface area contributed by atoms with Gasteiger partial charge in [-0.25, -0.2) is 8.78 Å². The lowest BCUT2D eigenvalue weighted by molar-refractivity contribution is 0.0947. The first kappa shape index (κ1) is 15.9. The third-order valence-corrected chi connectivity index (χ3v) is 3.22. The predicted octanol–water partition coefficient (Wildman–Crippen LogP) is 2.65. The zero-order valence-electron chi connectivity index (χ0n) is 11.2. The minimum atomic E-state index is -0.883. The van der Waals surface area contributed by atoms with E-state index >= 15 is 0 Å². The van der Waals surface area contributed by atoms with Gasteiger partial charge in [-0.2, -0.15) is 0 Å². The van der Waals surface area contributed by atoms with E-state index in [4.69, 9.17) is 17.3 Å². The molecule has 0 radical (unpaired) electrons. The second-order valence-corrected chi connectivity index (χ2v) is 4.90. The summed E-state index contributed by atoms with van der Waals surface area (Å²) in [5, 5.41) is 2.25. The van der Waals surface area contributed by atoms with Crippen molar-refractivity contribution < 1.29 is 18.4 Å². The van der Waals surface area contributed by atoms with Crippen molar-refractivity contribution in [2.24, 2.45) is 5.73 Å². The van der Waals surface area contributed by atoms with E-state index in [0.29, 0.717) is 5.56 Å². The third-order valence-electron chi connectivity index (χ3n) is 2.91. The molecule has 7 heteroatoms. The molecule has 2 aromatic carbocycles. The summed E-state index contributed by atoms with van der Waals surface area (Å²) in [5.41, 5.74) is 5.09. The number of hydrogen-bond donors (Lipinski definition) is 2. The number of primary amides is 1. The van der Waals surface area contributed by atoms with Crippen molar-refractivity contribution in [1.29, 1.82) is 0 Å². The quantitative estimate of drug-likeness (QED) is 0.907. The van der Waals surface area contributed by atoms with E-state index in [0.717, 1.165) is 12.1 Å². The van der Waals surface area contributed by atoms with Gasteiger partial charge in [-0.15, -0.1) is 0 Å². The molecule has 2 amide bonds. The fourth-order valence-electron chi connectivity index (χ4n) is 1.84. The number of carbonyl (C=O) groups excluding carboxylic acids is 2. The predicted molar refractivity (Wildman–Crippen MR) is 77.5 cm³/mol. The van der Waals surface area contributed by atoms with Gasteiger partial charge in [-0.1, -0.05) is 23.7 Å². The molecule has 2 rings (SSSR count). The van der Waals surface area contributed by atoms with Gasteiger partial charge in [0.05, 0.1) is 16.1 Å². The molecule has 0 aromatic heterocycles. The van der Waals surface area contributed by atoms with Crippen LogP contribution in [0, 0.1) is 11.6 Å². The lowest BCUT2D eigenvalue weighted by atomic mass is 10.1. The number of hydrogen-bond acceptors (Lipinski definition) is 2. The van der Waals surface area contributed by atoms with Crippen molar-refractivity contribution in [3.8, 4) is 0 Å². The van der Waals surface area contributed by atoms with Gasteiger partial charge in [0, 0.05) is 6.54 Å². The highest BCUT2D eigenvalue weighted by molar-refractivity contribution is 6.34. The largest absolute Gasteiger partial charge is 0.366 e. The Morgan fingerprint density at radius 1 is 1.14 bits per heavy atom. The van der Waals surface area contributed by atoms with E-state index in [1.54, 1.807) is 6.07 Å². The molecular weight excluding hydrogens is 314 g/mol. The first-order valence-electron chi connectivity index (χ1n) is 6.20. The number of halogens is 3. The molecule has 0 unspecified atom stereocenters. The van der Waals surface area contributed by atoms with Gasteiger partial charge in [0.25, 0.3) is 5.91 Å². The molecule has 0 bridgehead atoms. The molecular formula is C15H11ClF2N2O2. The average Bonchev–Trinajstić information content (AvgIpc) is 2.44. The van der Waals surface area contributed by atoms with Crippen LogP contribution >= 0.6 is 11.6 Å². The van der Waals surface area contributed by atoms with Crippen molar-refractivity contribution in [2.45, 2.75) is 6.54 Å². The number of rotatable bonds is 4. The van der Waals surface area contributed by atoms with Crippen LogP contribution in [-0.2, 0) is 6.54 Å². The Morgan fingerprint density at radius 2 is 1.86 bits per heavy atom. The van der Waals surface area contributed by atoms with Crippen LogP contribution in [-0.4, -0.2) is 11.8 Å². The second-order valence-electron chi connectivity index (χ2n) is 4.49. The van der Waals surface area contributed by atoms with Crippen molar-refractivity contribution >= 4 is 23.4 Å². The Labute approximate surface area is 129 Å². The summed E-state index contributed by atoms with van der Waals surface area (Å²) in [6, 6.07) is 7.44. The van der Waals surface area contributed by atoms with Gasteiger partial charge in [-0.05, 0) is 29.8 Å². The maximum atomic E-state index is 13.8. The third kappa shape index (κ3) is 3.59. The standard InChI is InChI=1S/C15H11ClF2N2O2/c16-12-6-13(18)11(5-10(12)14(19)21)15(22)20-7-8-2-1-3-9(17)4-8/h1-6H,7H2,(H2,19,21)(H,20,22). The number of carbonyl (C=O) groups is 2. The molecule has 0 saturated carbocycles. The number of benzene rings is 2. The van der Waals surface area contributed by atoms with Crippen LogP contribution in [0.3, 0.4) is 0 Å². The zero-order chi connectivity index (χ0) is 16.3. The molecule has 4 nitrogen and oxygen atoms in total. The molecule has 114 valence electrons. The first-order chi connectivity index (χ1) is 10.4. The molecule has 0 saturated heterocycles. The molecule has 0 spiro atoms. The van der Waals surface area contributed by atoms with Crippen LogP contribution in [0.4, 0.5) is 8.78 Å². The van der Waals surface area contributed by atoms with Gasteiger partial charge < -0.3 is 11.1 Å². The zero-order valence-corrected chi connectivity index (χ0v) is 12.0. The highest BCUT2D eigenvalue weighted by Gasteiger charge is 2.17. The summed E-state index contributed by atoms with van der Waals surface area (Å²) in [6.07, 6.45) is 0. The Bertz CT molecular complexity index is 750. The summed E-state index contributed by atoms with van der Waals surface area (Å²) >= 11 is 5.68.